The highest BCUT2D eigenvalue weighted by Gasteiger charge is 2.26. The molecule has 3 N–H and O–H groups in total. The maximum Gasteiger partial charge on any atom is 0.309 e. The van der Waals surface area contributed by atoms with Gasteiger partial charge < -0.3 is 15.3 Å². The van der Waals surface area contributed by atoms with Crippen LogP contribution in [0.2, 0.25) is 5.15 Å². The van der Waals surface area contributed by atoms with Gasteiger partial charge in [0.05, 0.1) is 11.5 Å². The Kier molecular flexibility index (Phi) is 4.35. The molecule has 1 aromatic rings. The highest BCUT2D eigenvalue weighted by atomic mass is 35.5. The van der Waals surface area contributed by atoms with Crippen molar-refractivity contribution in [3.05, 3.63) is 32.6 Å². The fourth-order valence-electron chi connectivity index (χ4n) is 1.39. The maximum atomic E-state index is 10.7. The van der Waals surface area contributed by atoms with Gasteiger partial charge in [-0.15, -0.1) is 0 Å². The number of aliphatic hydroxyl groups excluding tert-OH is 3. The number of aliphatic hydroxyl groups is 3. The molecule has 0 aliphatic rings. The third kappa shape index (κ3) is 2.70. The van der Waals surface area contributed by atoms with Crippen LogP contribution in [0.1, 0.15) is 17.2 Å². The lowest BCUT2D eigenvalue weighted by Gasteiger charge is -2.17. The minimum absolute atomic E-state index is 0.0580. The van der Waals surface area contributed by atoms with E-state index in [-0.39, 0.29) is 16.3 Å². The van der Waals surface area contributed by atoms with Gasteiger partial charge in [-0.05, 0) is 6.92 Å². The molecule has 1 rings (SSSR count). The van der Waals surface area contributed by atoms with Crippen LogP contribution >= 0.6 is 11.6 Å². The third-order valence-electron chi connectivity index (χ3n) is 2.35. The Morgan fingerprint density at radius 2 is 2.18 bits per heavy atom. The summed E-state index contributed by atoms with van der Waals surface area (Å²) in [7, 11) is 0. The number of rotatable bonds is 4. The first kappa shape index (κ1) is 13.8. The van der Waals surface area contributed by atoms with E-state index in [1.165, 1.54) is 6.92 Å². The van der Waals surface area contributed by atoms with E-state index in [2.05, 4.69) is 4.98 Å². The quantitative estimate of drug-likeness (QED) is 0.409. The van der Waals surface area contributed by atoms with Crippen molar-refractivity contribution < 1.29 is 20.2 Å². The van der Waals surface area contributed by atoms with Gasteiger partial charge >= 0.3 is 5.69 Å². The van der Waals surface area contributed by atoms with Gasteiger partial charge in [-0.2, -0.15) is 0 Å². The number of hydrogen-bond donors (Lipinski definition) is 3. The molecule has 0 spiro atoms. The smallest absolute Gasteiger partial charge is 0.309 e. The van der Waals surface area contributed by atoms with Crippen molar-refractivity contribution in [2.75, 3.05) is 6.61 Å². The van der Waals surface area contributed by atoms with Crippen molar-refractivity contribution in [1.82, 2.24) is 4.98 Å². The molecule has 1 heterocycles. The summed E-state index contributed by atoms with van der Waals surface area (Å²) in [5, 5.41) is 38.1. The first-order valence-corrected chi connectivity index (χ1v) is 5.04. The van der Waals surface area contributed by atoms with Crippen molar-refractivity contribution in [2.45, 2.75) is 19.1 Å². The second-order valence-corrected chi connectivity index (χ2v) is 3.79. The van der Waals surface area contributed by atoms with E-state index in [1.807, 2.05) is 0 Å². The molecule has 0 radical (unpaired) electrons. The number of nitro groups is 1. The fraction of sp³-hybridized carbons (Fsp3) is 0.444. The first-order chi connectivity index (χ1) is 7.90. The molecule has 0 fully saturated rings. The lowest BCUT2D eigenvalue weighted by molar-refractivity contribution is -0.385. The standard InChI is InChI=1S/C9H11ClN2O5/c1-4-5(8(15)6(14)3-13)2-11-9(10)7(4)12(16)17/h2,6,8,13-15H,3H2,1H3. The molecule has 0 amide bonds. The zero-order valence-electron chi connectivity index (χ0n) is 8.87. The Hall–Kier alpha value is -1.28. The Morgan fingerprint density at radius 1 is 1.59 bits per heavy atom. The van der Waals surface area contributed by atoms with Crippen molar-refractivity contribution in [3.63, 3.8) is 0 Å². The number of halogens is 1. The van der Waals surface area contributed by atoms with Gasteiger partial charge in [0.15, 0.2) is 0 Å². The van der Waals surface area contributed by atoms with E-state index in [0.717, 1.165) is 6.20 Å². The predicted molar refractivity (Wildman–Crippen MR) is 58.7 cm³/mol. The molecule has 0 aliphatic heterocycles. The second kappa shape index (κ2) is 5.37. The van der Waals surface area contributed by atoms with Crippen LogP contribution in [-0.2, 0) is 0 Å². The molecule has 8 heteroatoms. The summed E-state index contributed by atoms with van der Waals surface area (Å²) >= 11 is 5.57. The molecule has 94 valence electrons. The van der Waals surface area contributed by atoms with Crippen LogP contribution in [0.25, 0.3) is 0 Å². The summed E-state index contributed by atoms with van der Waals surface area (Å²) in [5.41, 5.74) is -0.258. The number of aromatic nitrogens is 1. The Bertz CT molecular complexity index is 440. The van der Waals surface area contributed by atoms with Crippen LogP contribution in [0.5, 0.6) is 0 Å². The van der Waals surface area contributed by atoms with Gasteiger partial charge in [0, 0.05) is 17.3 Å². The minimum atomic E-state index is -1.46. The number of pyridine rings is 1. The predicted octanol–water partition coefficient (Wildman–Crippen LogP) is 0.338. The summed E-state index contributed by atoms with van der Waals surface area (Å²) < 4.78 is 0. The van der Waals surface area contributed by atoms with E-state index in [0.29, 0.717) is 0 Å². The SMILES string of the molecule is Cc1c(C(O)C(O)CO)cnc(Cl)c1[N+](=O)[O-]. The molecule has 2 unspecified atom stereocenters. The van der Waals surface area contributed by atoms with Crippen molar-refractivity contribution in [1.29, 1.82) is 0 Å². The van der Waals surface area contributed by atoms with Crippen molar-refractivity contribution in [3.8, 4) is 0 Å². The van der Waals surface area contributed by atoms with Crippen molar-refractivity contribution in [2.24, 2.45) is 0 Å². The second-order valence-electron chi connectivity index (χ2n) is 3.43. The normalized spacial score (nSPS) is 14.4. The van der Waals surface area contributed by atoms with Crippen LogP contribution in [-0.4, -0.2) is 37.9 Å². The third-order valence-corrected chi connectivity index (χ3v) is 2.63. The monoisotopic (exact) mass is 262 g/mol. The summed E-state index contributed by atoms with van der Waals surface area (Å²) in [5.74, 6) is 0. The highest BCUT2D eigenvalue weighted by Crippen LogP contribution is 2.31. The average Bonchev–Trinajstić information content (AvgIpc) is 2.27. The van der Waals surface area contributed by atoms with Crippen LogP contribution in [0.4, 0.5) is 5.69 Å². The van der Waals surface area contributed by atoms with E-state index < -0.39 is 29.4 Å². The molecule has 0 saturated carbocycles. The fourth-order valence-corrected chi connectivity index (χ4v) is 1.65. The molecule has 0 aromatic carbocycles. The number of nitrogens with zero attached hydrogens (tertiary/aromatic N) is 2. The Morgan fingerprint density at radius 3 is 2.65 bits per heavy atom. The van der Waals surface area contributed by atoms with E-state index >= 15 is 0 Å². The number of hydrogen-bond acceptors (Lipinski definition) is 6. The van der Waals surface area contributed by atoms with E-state index in [9.17, 15) is 20.3 Å². The molecule has 0 saturated heterocycles. The molecule has 2 atom stereocenters. The highest BCUT2D eigenvalue weighted by molar-refractivity contribution is 6.31. The molecule has 1 aromatic heterocycles. The Balaban J connectivity index is 3.28. The molecular weight excluding hydrogens is 252 g/mol. The van der Waals surface area contributed by atoms with Gasteiger partial charge in [-0.3, -0.25) is 10.1 Å². The zero-order valence-corrected chi connectivity index (χ0v) is 9.63. The minimum Gasteiger partial charge on any atom is -0.394 e. The maximum absolute atomic E-state index is 10.7. The summed E-state index contributed by atoms with van der Waals surface area (Å²) in [6.07, 6.45) is -1.76. The van der Waals surface area contributed by atoms with Crippen LogP contribution < -0.4 is 0 Å². The van der Waals surface area contributed by atoms with Gasteiger partial charge in [-0.1, -0.05) is 11.6 Å². The van der Waals surface area contributed by atoms with Crippen LogP contribution in [0, 0.1) is 17.0 Å². The van der Waals surface area contributed by atoms with Gasteiger partial charge in [-0.25, -0.2) is 4.98 Å². The Labute approximate surface area is 101 Å². The van der Waals surface area contributed by atoms with E-state index in [1.54, 1.807) is 0 Å². The van der Waals surface area contributed by atoms with Crippen LogP contribution in [0.3, 0.4) is 0 Å². The molecular formula is C9H11ClN2O5. The molecule has 7 nitrogen and oxygen atoms in total. The summed E-state index contributed by atoms with van der Waals surface area (Å²) in [4.78, 5) is 13.6. The molecule has 17 heavy (non-hydrogen) atoms. The van der Waals surface area contributed by atoms with Gasteiger partial charge in [0.1, 0.15) is 12.2 Å². The lowest BCUT2D eigenvalue weighted by atomic mass is 10.0. The molecule has 0 aliphatic carbocycles. The summed E-state index contributed by atoms with van der Waals surface area (Å²) in [6.45, 7) is 0.714. The first-order valence-electron chi connectivity index (χ1n) is 4.66. The lowest BCUT2D eigenvalue weighted by Crippen LogP contribution is -2.23. The summed E-state index contributed by atoms with van der Waals surface area (Å²) in [6, 6.07) is 0. The molecule has 0 bridgehead atoms. The largest absolute Gasteiger partial charge is 0.394 e. The van der Waals surface area contributed by atoms with Crippen LogP contribution in [0.15, 0.2) is 6.20 Å². The zero-order chi connectivity index (χ0) is 13.2. The van der Waals surface area contributed by atoms with E-state index in [4.69, 9.17) is 16.7 Å². The van der Waals surface area contributed by atoms with Crippen molar-refractivity contribution >= 4 is 17.3 Å². The van der Waals surface area contributed by atoms with Gasteiger partial charge in [0.25, 0.3) is 0 Å². The van der Waals surface area contributed by atoms with Gasteiger partial charge in [0.2, 0.25) is 5.15 Å². The average molecular weight is 263 g/mol. The topological polar surface area (TPSA) is 117 Å².